The van der Waals surface area contributed by atoms with E-state index in [0.717, 1.165) is 17.2 Å². The fraction of sp³-hybridized carbons (Fsp3) is 1.00. The number of hydrogen-bond acceptors (Lipinski definition) is 2. The monoisotopic (exact) mass is 304 g/mol. The quantitative estimate of drug-likeness (QED) is 0.667. The number of rotatable bonds is 7. The Morgan fingerprint density at radius 3 is 1.94 bits per heavy atom. The molecule has 1 aliphatic heterocycles. The number of nitrogens with zero attached hydrogens (tertiary/aromatic N) is 2. The van der Waals surface area contributed by atoms with Gasteiger partial charge in [0.1, 0.15) is 0 Å². The summed E-state index contributed by atoms with van der Waals surface area (Å²) in [5.41, 5.74) is 0. The number of hydrogen-bond donors (Lipinski definition) is 0. The summed E-state index contributed by atoms with van der Waals surface area (Å²) in [6.07, 6.45) is 2.67. The molecule has 17 heavy (non-hydrogen) atoms. The molecule has 1 fully saturated rings. The van der Waals surface area contributed by atoms with Crippen LogP contribution in [0.5, 0.6) is 0 Å². The van der Waals surface area contributed by atoms with Gasteiger partial charge >= 0.3 is 0 Å². The third-order valence-electron chi connectivity index (χ3n) is 3.52. The van der Waals surface area contributed by atoms with Gasteiger partial charge in [0.2, 0.25) is 0 Å². The van der Waals surface area contributed by atoms with Crippen LogP contribution in [0.3, 0.4) is 0 Å². The van der Waals surface area contributed by atoms with Crippen LogP contribution in [-0.4, -0.2) is 54.4 Å². The van der Waals surface area contributed by atoms with Gasteiger partial charge in [-0.15, -0.1) is 0 Å². The maximum absolute atomic E-state index is 3.65. The summed E-state index contributed by atoms with van der Waals surface area (Å²) in [6.45, 7) is 14.5. The summed E-state index contributed by atoms with van der Waals surface area (Å²) in [6, 6.07) is 0. The summed E-state index contributed by atoms with van der Waals surface area (Å²) in [5.74, 6) is 1.65. The normalized spacial score (nSPS) is 21.0. The van der Waals surface area contributed by atoms with Crippen molar-refractivity contribution in [1.29, 1.82) is 0 Å². The van der Waals surface area contributed by atoms with Crippen molar-refractivity contribution in [2.75, 3.05) is 44.6 Å². The van der Waals surface area contributed by atoms with Gasteiger partial charge in [-0.1, -0.05) is 43.1 Å². The highest BCUT2D eigenvalue weighted by Gasteiger charge is 2.19. The molecule has 1 unspecified atom stereocenters. The highest BCUT2D eigenvalue weighted by molar-refractivity contribution is 9.09. The maximum atomic E-state index is 3.65. The minimum atomic E-state index is 0.803. The van der Waals surface area contributed by atoms with Gasteiger partial charge in [0.15, 0.2) is 0 Å². The van der Waals surface area contributed by atoms with Crippen LogP contribution in [0.15, 0.2) is 0 Å². The SMILES string of the molecule is CCCC(CBr)CN1CCN(CC(C)C)CC1. The Labute approximate surface area is 116 Å². The Bertz CT molecular complexity index is 189. The molecule has 0 N–H and O–H groups in total. The largest absolute Gasteiger partial charge is 0.301 e. The van der Waals surface area contributed by atoms with Crippen molar-refractivity contribution in [3.63, 3.8) is 0 Å². The van der Waals surface area contributed by atoms with Crippen LogP contribution in [-0.2, 0) is 0 Å². The van der Waals surface area contributed by atoms with E-state index in [2.05, 4.69) is 46.5 Å². The van der Waals surface area contributed by atoms with E-state index >= 15 is 0 Å². The fourth-order valence-corrected chi connectivity index (χ4v) is 3.19. The summed E-state index contributed by atoms with van der Waals surface area (Å²) in [7, 11) is 0. The first kappa shape index (κ1) is 15.5. The van der Waals surface area contributed by atoms with Gasteiger partial charge in [-0.05, 0) is 18.3 Å². The van der Waals surface area contributed by atoms with Crippen LogP contribution in [0, 0.1) is 11.8 Å². The van der Waals surface area contributed by atoms with E-state index in [1.807, 2.05) is 0 Å². The molecule has 0 aromatic heterocycles. The standard InChI is InChI=1S/C14H29BrN2/c1-4-5-14(10-15)12-17-8-6-16(7-9-17)11-13(2)3/h13-14H,4-12H2,1-3H3. The Morgan fingerprint density at radius 2 is 1.53 bits per heavy atom. The van der Waals surface area contributed by atoms with E-state index in [0.29, 0.717) is 0 Å². The summed E-state index contributed by atoms with van der Waals surface area (Å²) in [4.78, 5) is 5.27. The van der Waals surface area contributed by atoms with Gasteiger partial charge in [-0.25, -0.2) is 0 Å². The third-order valence-corrected chi connectivity index (χ3v) is 4.44. The zero-order valence-electron chi connectivity index (χ0n) is 11.8. The van der Waals surface area contributed by atoms with Gasteiger partial charge in [0, 0.05) is 44.6 Å². The lowest BCUT2D eigenvalue weighted by atomic mass is 10.1. The highest BCUT2D eigenvalue weighted by Crippen LogP contribution is 2.13. The van der Waals surface area contributed by atoms with Crippen molar-refractivity contribution in [1.82, 2.24) is 9.80 Å². The van der Waals surface area contributed by atoms with E-state index in [9.17, 15) is 0 Å². The molecule has 1 rings (SSSR count). The van der Waals surface area contributed by atoms with Crippen LogP contribution in [0.4, 0.5) is 0 Å². The van der Waals surface area contributed by atoms with E-state index < -0.39 is 0 Å². The minimum Gasteiger partial charge on any atom is -0.301 e. The average molecular weight is 305 g/mol. The zero-order valence-corrected chi connectivity index (χ0v) is 13.4. The van der Waals surface area contributed by atoms with E-state index in [4.69, 9.17) is 0 Å². The van der Waals surface area contributed by atoms with Gasteiger partial charge in [0.25, 0.3) is 0 Å². The summed E-state index contributed by atoms with van der Waals surface area (Å²) >= 11 is 3.65. The Morgan fingerprint density at radius 1 is 1.00 bits per heavy atom. The highest BCUT2D eigenvalue weighted by atomic mass is 79.9. The van der Waals surface area contributed by atoms with Crippen molar-refractivity contribution in [3.05, 3.63) is 0 Å². The van der Waals surface area contributed by atoms with Gasteiger partial charge in [0.05, 0.1) is 0 Å². The van der Waals surface area contributed by atoms with Gasteiger partial charge < -0.3 is 9.80 Å². The molecule has 3 heteroatoms. The fourth-order valence-electron chi connectivity index (χ4n) is 2.66. The molecule has 0 bridgehead atoms. The first-order chi connectivity index (χ1) is 8.15. The number of piperazine rings is 1. The van der Waals surface area contributed by atoms with Crippen LogP contribution in [0.25, 0.3) is 0 Å². The van der Waals surface area contributed by atoms with Gasteiger partial charge in [-0.3, -0.25) is 0 Å². The molecule has 0 saturated carbocycles. The average Bonchev–Trinajstić information content (AvgIpc) is 2.30. The Balaban J connectivity index is 2.22. The lowest BCUT2D eigenvalue weighted by Crippen LogP contribution is -2.48. The minimum absolute atomic E-state index is 0.803. The second-order valence-electron chi connectivity index (χ2n) is 5.80. The van der Waals surface area contributed by atoms with E-state index in [-0.39, 0.29) is 0 Å². The molecule has 1 atom stereocenters. The topological polar surface area (TPSA) is 6.48 Å². The zero-order chi connectivity index (χ0) is 12.7. The smallest absolute Gasteiger partial charge is 0.0110 e. The first-order valence-corrected chi connectivity index (χ1v) is 8.28. The maximum Gasteiger partial charge on any atom is 0.0110 e. The molecule has 0 aromatic rings. The Hall–Kier alpha value is 0.400. The summed E-state index contributed by atoms with van der Waals surface area (Å²) < 4.78 is 0. The van der Waals surface area contributed by atoms with E-state index in [1.54, 1.807) is 0 Å². The third kappa shape index (κ3) is 6.21. The van der Waals surface area contributed by atoms with Crippen molar-refractivity contribution in [3.8, 4) is 0 Å². The van der Waals surface area contributed by atoms with Crippen molar-refractivity contribution >= 4 is 15.9 Å². The van der Waals surface area contributed by atoms with Crippen molar-refractivity contribution < 1.29 is 0 Å². The van der Waals surface area contributed by atoms with Gasteiger partial charge in [-0.2, -0.15) is 0 Å². The molecule has 2 nitrogen and oxygen atoms in total. The summed E-state index contributed by atoms with van der Waals surface area (Å²) in [5, 5.41) is 1.16. The molecule has 0 radical (unpaired) electrons. The molecule has 1 saturated heterocycles. The predicted molar refractivity (Wildman–Crippen MR) is 79.9 cm³/mol. The lowest BCUT2D eigenvalue weighted by Gasteiger charge is -2.37. The lowest BCUT2D eigenvalue weighted by molar-refractivity contribution is 0.111. The molecular weight excluding hydrogens is 276 g/mol. The number of halogens is 1. The first-order valence-electron chi connectivity index (χ1n) is 7.16. The molecule has 0 spiro atoms. The predicted octanol–water partition coefficient (Wildman–Crippen LogP) is 3.07. The number of alkyl halides is 1. The molecule has 0 aliphatic carbocycles. The molecule has 0 aromatic carbocycles. The molecule has 1 aliphatic rings. The molecular formula is C14H29BrN2. The molecule has 0 amide bonds. The van der Waals surface area contributed by atoms with Crippen molar-refractivity contribution in [2.24, 2.45) is 11.8 Å². The Kier molecular flexibility index (Phi) is 7.72. The molecule has 1 heterocycles. The second-order valence-corrected chi connectivity index (χ2v) is 6.45. The van der Waals surface area contributed by atoms with Crippen LogP contribution in [0.2, 0.25) is 0 Å². The van der Waals surface area contributed by atoms with Crippen LogP contribution in [0.1, 0.15) is 33.6 Å². The van der Waals surface area contributed by atoms with Crippen LogP contribution >= 0.6 is 15.9 Å². The second kappa shape index (κ2) is 8.49. The van der Waals surface area contributed by atoms with E-state index in [1.165, 1.54) is 52.1 Å². The van der Waals surface area contributed by atoms with Crippen LogP contribution < -0.4 is 0 Å². The molecule has 102 valence electrons. The van der Waals surface area contributed by atoms with Crippen molar-refractivity contribution in [2.45, 2.75) is 33.6 Å².